The summed E-state index contributed by atoms with van der Waals surface area (Å²) in [6, 6.07) is 4.30. The van der Waals surface area contributed by atoms with Crippen molar-refractivity contribution in [1.29, 1.82) is 0 Å². The highest BCUT2D eigenvalue weighted by atomic mass is 32.1. The number of aliphatic hydroxyl groups excluding tert-OH is 1. The standard InChI is InChI=1S/C12H21NOS/c1-12(2,11-6-5-9-15-11)10-13-7-3-4-8-14/h5-6,9,13-14H,3-4,7-8,10H2,1-2H3. The second-order valence-electron chi connectivity index (χ2n) is 4.47. The van der Waals surface area contributed by atoms with Crippen molar-refractivity contribution in [3.63, 3.8) is 0 Å². The third-order valence-electron chi connectivity index (χ3n) is 2.52. The second kappa shape index (κ2) is 6.26. The number of nitrogens with one attached hydrogen (secondary N) is 1. The Morgan fingerprint density at radius 2 is 2.20 bits per heavy atom. The van der Waals surface area contributed by atoms with Gasteiger partial charge in [-0.25, -0.2) is 0 Å². The van der Waals surface area contributed by atoms with Crippen LogP contribution in [0.5, 0.6) is 0 Å². The molecule has 0 aliphatic rings. The van der Waals surface area contributed by atoms with Crippen molar-refractivity contribution in [2.75, 3.05) is 19.7 Å². The Morgan fingerprint density at radius 3 is 2.80 bits per heavy atom. The molecule has 0 aliphatic heterocycles. The lowest BCUT2D eigenvalue weighted by molar-refractivity contribution is 0.283. The molecule has 0 amide bonds. The third-order valence-corrected chi connectivity index (χ3v) is 3.75. The van der Waals surface area contributed by atoms with Crippen LogP contribution in [0.1, 0.15) is 31.6 Å². The van der Waals surface area contributed by atoms with Crippen LogP contribution in [-0.2, 0) is 5.41 Å². The van der Waals surface area contributed by atoms with Gasteiger partial charge in [0.2, 0.25) is 0 Å². The average Bonchev–Trinajstić information content (AvgIpc) is 2.70. The summed E-state index contributed by atoms with van der Waals surface area (Å²) in [5.74, 6) is 0. The maximum atomic E-state index is 8.65. The highest BCUT2D eigenvalue weighted by Crippen LogP contribution is 2.26. The molecular formula is C12H21NOS. The molecule has 2 N–H and O–H groups in total. The fourth-order valence-corrected chi connectivity index (χ4v) is 2.37. The lowest BCUT2D eigenvalue weighted by Gasteiger charge is -2.23. The van der Waals surface area contributed by atoms with Gasteiger partial charge in [0.25, 0.3) is 0 Å². The van der Waals surface area contributed by atoms with Gasteiger partial charge in [0.05, 0.1) is 0 Å². The molecule has 0 radical (unpaired) electrons. The normalized spacial score (nSPS) is 11.9. The maximum Gasteiger partial charge on any atom is 0.0431 e. The first-order valence-corrected chi connectivity index (χ1v) is 6.40. The van der Waals surface area contributed by atoms with Crippen LogP contribution in [-0.4, -0.2) is 24.8 Å². The van der Waals surface area contributed by atoms with Crippen LogP contribution in [0, 0.1) is 0 Å². The number of unbranched alkanes of at least 4 members (excludes halogenated alkanes) is 1. The van der Waals surface area contributed by atoms with Crippen LogP contribution in [0.2, 0.25) is 0 Å². The summed E-state index contributed by atoms with van der Waals surface area (Å²) in [7, 11) is 0. The van der Waals surface area contributed by atoms with Crippen molar-refractivity contribution in [2.24, 2.45) is 0 Å². The molecule has 0 saturated carbocycles. The molecule has 0 aromatic carbocycles. The number of hydrogen-bond donors (Lipinski definition) is 2. The fraction of sp³-hybridized carbons (Fsp3) is 0.667. The van der Waals surface area contributed by atoms with Crippen LogP contribution in [0.3, 0.4) is 0 Å². The summed E-state index contributed by atoms with van der Waals surface area (Å²) < 4.78 is 0. The van der Waals surface area contributed by atoms with E-state index in [2.05, 4.69) is 36.7 Å². The Kier molecular flexibility index (Phi) is 5.29. The van der Waals surface area contributed by atoms with E-state index in [1.54, 1.807) is 0 Å². The summed E-state index contributed by atoms with van der Waals surface area (Å²) in [5.41, 5.74) is 0.216. The fourth-order valence-electron chi connectivity index (χ4n) is 1.51. The van der Waals surface area contributed by atoms with E-state index in [4.69, 9.17) is 5.11 Å². The summed E-state index contributed by atoms with van der Waals surface area (Å²) in [6.45, 7) is 6.82. The Labute approximate surface area is 96.3 Å². The van der Waals surface area contributed by atoms with Crippen LogP contribution in [0.4, 0.5) is 0 Å². The van der Waals surface area contributed by atoms with Crippen LogP contribution >= 0.6 is 11.3 Å². The van der Waals surface area contributed by atoms with Gasteiger partial charge < -0.3 is 10.4 Å². The van der Waals surface area contributed by atoms with Crippen molar-refractivity contribution in [2.45, 2.75) is 32.1 Å². The highest BCUT2D eigenvalue weighted by molar-refractivity contribution is 7.10. The molecule has 1 aromatic heterocycles. The van der Waals surface area contributed by atoms with Gasteiger partial charge in [-0.3, -0.25) is 0 Å². The summed E-state index contributed by atoms with van der Waals surface area (Å²) in [4.78, 5) is 1.43. The smallest absolute Gasteiger partial charge is 0.0431 e. The van der Waals surface area contributed by atoms with Gasteiger partial charge in [-0.1, -0.05) is 19.9 Å². The van der Waals surface area contributed by atoms with Crippen molar-refractivity contribution in [3.05, 3.63) is 22.4 Å². The van der Waals surface area contributed by atoms with Gasteiger partial charge in [0.15, 0.2) is 0 Å². The molecule has 0 unspecified atom stereocenters. The molecule has 3 heteroatoms. The molecule has 0 fully saturated rings. The van der Waals surface area contributed by atoms with Crippen LogP contribution in [0.25, 0.3) is 0 Å². The van der Waals surface area contributed by atoms with E-state index in [1.807, 2.05) is 11.3 Å². The van der Waals surface area contributed by atoms with E-state index in [-0.39, 0.29) is 5.41 Å². The largest absolute Gasteiger partial charge is 0.396 e. The van der Waals surface area contributed by atoms with Gasteiger partial charge in [-0.05, 0) is 30.8 Å². The van der Waals surface area contributed by atoms with Crippen LogP contribution in [0.15, 0.2) is 17.5 Å². The molecule has 15 heavy (non-hydrogen) atoms. The number of aliphatic hydroxyl groups is 1. The lowest BCUT2D eigenvalue weighted by Crippen LogP contribution is -2.32. The Hall–Kier alpha value is -0.380. The second-order valence-corrected chi connectivity index (χ2v) is 5.42. The van der Waals surface area contributed by atoms with Crippen LogP contribution < -0.4 is 5.32 Å². The van der Waals surface area contributed by atoms with Crippen molar-refractivity contribution < 1.29 is 5.11 Å². The molecule has 0 saturated heterocycles. The van der Waals surface area contributed by atoms with E-state index < -0.39 is 0 Å². The predicted octanol–water partition coefficient (Wildman–Crippen LogP) is 2.39. The minimum atomic E-state index is 0.216. The maximum absolute atomic E-state index is 8.65. The average molecular weight is 227 g/mol. The van der Waals surface area contributed by atoms with Crippen molar-refractivity contribution in [3.8, 4) is 0 Å². The molecule has 0 spiro atoms. The molecule has 1 aromatic rings. The van der Waals surface area contributed by atoms with Crippen molar-refractivity contribution in [1.82, 2.24) is 5.32 Å². The zero-order chi connectivity index (χ0) is 11.1. The number of hydrogen-bond acceptors (Lipinski definition) is 3. The molecule has 1 rings (SSSR count). The van der Waals surface area contributed by atoms with Gasteiger partial charge in [0.1, 0.15) is 0 Å². The zero-order valence-corrected chi connectivity index (χ0v) is 10.4. The highest BCUT2D eigenvalue weighted by Gasteiger charge is 2.20. The SMILES string of the molecule is CC(C)(CNCCCCO)c1cccs1. The minimum Gasteiger partial charge on any atom is -0.396 e. The molecule has 2 nitrogen and oxygen atoms in total. The van der Waals surface area contributed by atoms with Gasteiger partial charge in [0, 0.05) is 23.4 Å². The molecule has 0 aliphatic carbocycles. The lowest BCUT2D eigenvalue weighted by atomic mass is 9.91. The summed E-state index contributed by atoms with van der Waals surface area (Å²) in [6.07, 6.45) is 1.95. The third kappa shape index (κ3) is 4.33. The Balaban J connectivity index is 2.25. The summed E-state index contributed by atoms with van der Waals surface area (Å²) >= 11 is 1.82. The van der Waals surface area contributed by atoms with E-state index in [9.17, 15) is 0 Å². The number of thiophene rings is 1. The van der Waals surface area contributed by atoms with E-state index in [0.29, 0.717) is 6.61 Å². The molecule has 1 heterocycles. The van der Waals surface area contributed by atoms with Gasteiger partial charge in [-0.15, -0.1) is 11.3 Å². The molecule has 86 valence electrons. The minimum absolute atomic E-state index is 0.216. The first-order valence-electron chi connectivity index (χ1n) is 5.52. The Morgan fingerprint density at radius 1 is 1.40 bits per heavy atom. The Bertz CT molecular complexity index is 257. The van der Waals surface area contributed by atoms with Crippen molar-refractivity contribution >= 4 is 11.3 Å². The molecular weight excluding hydrogens is 206 g/mol. The first kappa shape index (κ1) is 12.7. The number of rotatable bonds is 7. The molecule has 0 bridgehead atoms. The zero-order valence-electron chi connectivity index (χ0n) is 9.62. The molecule has 0 atom stereocenters. The predicted molar refractivity (Wildman–Crippen MR) is 66.5 cm³/mol. The monoisotopic (exact) mass is 227 g/mol. The van der Waals surface area contributed by atoms with Gasteiger partial charge in [-0.2, -0.15) is 0 Å². The van der Waals surface area contributed by atoms with E-state index in [1.165, 1.54) is 4.88 Å². The summed E-state index contributed by atoms with van der Waals surface area (Å²) in [5, 5.41) is 14.2. The first-order chi connectivity index (χ1) is 7.17. The quantitative estimate of drug-likeness (QED) is 0.701. The van der Waals surface area contributed by atoms with E-state index in [0.717, 1.165) is 25.9 Å². The van der Waals surface area contributed by atoms with Gasteiger partial charge >= 0.3 is 0 Å². The van der Waals surface area contributed by atoms with E-state index >= 15 is 0 Å². The topological polar surface area (TPSA) is 32.3 Å².